The summed E-state index contributed by atoms with van der Waals surface area (Å²) < 4.78 is 18.6. The summed E-state index contributed by atoms with van der Waals surface area (Å²) in [6, 6.07) is 4.50. The summed E-state index contributed by atoms with van der Waals surface area (Å²) in [5, 5.41) is 0. The Balaban J connectivity index is 2.49. The van der Waals surface area contributed by atoms with Gasteiger partial charge in [0, 0.05) is 20.0 Å². The molecule has 0 aromatic heterocycles. The van der Waals surface area contributed by atoms with E-state index in [0.717, 1.165) is 5.56 Å². The number of amides is 1. The highest BCUT2D eigenvalue weighted by molar-refractivity contribution is 7.80. The normalized spacial score (nSPS) is 10.1. The van der Waals surface area contributed by atoms with Crippen molar-refractivity contribution in [3.8, 4) is 5.75 Å². The third-order valence-corrected chi connectivity index (χ3v) is 2.76. The summed E-state index contributed by atoms with van der Waals surface area (Å²) >= 11 is 4.73. The zero-order valence-corrected chi connectivity index (χ0v) is 11.8. The van der Waals surface area contributed by atoms with Gasteiger partial charge >= 0.3 is 0 Å². The van der Waals surface area contributed by atoms with Crippen molar-refractivity contribution in [2.45, 2.75) is 13.3 Å². The molecule has 104 valence electrons. The average Bonchev–Trinajstić information content (AvgIpc) is 2.36. The highest BCUT2D eigenvalue weighted by Gasteiger charge is 2.11. The zero-order chi connectivity index (χ0) is 14.4. The minimum atomic E-state index is -0.482. The number of likely N-dealkylation sites (N-methyl/N-ethyl adjacent to an activating group) is 1. The number of rotatable bonds is 6. The molecule has 1 amide bonds. The number of hydrogen-bond acceptors (Lipinski definition) is 3. The maximum Gasteiger partial charge on any atom is 0.260 e. The second-order valence-electron chi connectivity index (χ2n) is 4.25. The summed E-state index contributed by atoms with van der Waals surface area (Å²) in [6.07, 6.45) is 0.455. The monoisotopic (exact) mass is 284 g/mol. The Morgan fingerprint density at radius 3 is 2.84 bits per heavy atom. The van der Waals surface area contributed by atoms with Crippen LogP contribution in [-0.4, -0.2) is 36.0 Å². The lowest BCUT2D eigenvalue weighted by molar-refractivity contribution is -0.132. The number of hydrogen-bond donors (Lipinski definition) is 1. The molecule has 1 aromatic carbocycles. The minimum Gasteiger partial charge on any atom is -0.481 e. The van der Waals surface area contributed by atoms with E-state index in [-0.39, 0.29) is 18.3 Å². The summed E-state index contributed by atoms with van der Waals surface area (Å²) in [6.45, 7) is 2.03. The van der Waals surface area contributed by atoms with Crippen LogP contribution in [0.3, 0.4) is 0 Å². The molecule has 0 saturated carbocycles. The van der Waals surface area contributed by atoms with Crippen LogP contribution in [0.4, 0.5) is 4.39 Å². The SMILES string of the molecule is Cc1ccc(F)c(OCC(=O)N(C)CCC(N)=S)c1. The van der Waals surface area contributed by atoms with E-state index in [4.69, 9.17) is 22.7 Å². The standard InChI is InChI=1S/C13H17FN2O2S/c1-9-3-4-10(14)11(7-9)18-8-13(17)16(2)6-5-12(15)19/h3-4,7H,5-6,8H2,1-2H3,(H2,15,19). The van der Waals surface area contributed by atoms with Crippen LogP contribution in [-0.2, 0) is 4.79 Å². The van der Waals surface area contributed by atoms with Crippen molar-refractivity contribution >= 4 is 23.1 Å². The molecule has 0 heterocycles. The Kier molecular flexibility index (Phi) is 5.69. The van der Waals surface area contributed by atoms with Crippen molar-refractivity contribution < 1.29 is 13.9 Å². The molecule has 0 atom stereocenters. The van der Waals surface area contributed by atoms with Gasteiger partial charge in [-0.3, -0.25) is 4.79 Å². The summed E-state index contributed by atoms with van der Waals surface area (Å²) in [5.41, 5.74) is 6.22. The van der Waals surface area contributed by atoms with Crippen molar-refractivity contribution in [3.05, 3.63) is 29.6 Å². The lowest BCUT2D eigenvalue weighted by Crippen LogP contribution is -2.33. The van der Waals surface area contributed by atoms with Crippen molar-refractivity contribution in [2.75, 3.05) is 20.2 Å². The van der Waals surface area contributed by atoms with Gasteiger partial charge in [-0.15, -0.1) is 0 Å². The number of thiocarbonyl (C=S) groups is 1. The van der Waals surface area contributed by atoms with Gasteiger partial charge in [0.2, 0.25) is 0 Å². The number of benzene rings is 1. The molecule has 0 fully saturated rings. The lowest BCUT2D eigenvalue weighted by Gasteiger charge is -2.17. The van der Waals surface area contributed by atoms with Gasteiger partial charge in [0.25, 0.3) is 5.91 Å². The van der Waals surface area contributed by atoms with Gasteiger partial charge in [-0.05, 0) is 24.6 Å². The fourth-order valence-corrected chi connectivity index (χ4v) is 1.46. The Hall–Kier alpha value is -1.69. The van der Waals surface area contributed by atoms with E-state index < -0.39 is 5.82 Å². The zero-order valence-electron chi connectivity index (χ0n) is 11.0. The van der Waals surface area contributed by atoms with Crippen LogP contribution in [0.15, 0.2) is 18.2 Å². The van der Waals surface area contributed by atoms with E-state index >= 15 is 0 Å². The van der Waals surface area contributed by atoms with Crippen LogP contribution >= 0.6 is 12.2 Å². The van der Waals surface area contributed by atoms with E-state index in [1.165, 1.54) is 11.0 Å². The maximum atomic E-state index is 13.4. The fourth-order valence-electron chi connectivity index (χ4n) is 1.37. The molecule has 0 spiro atoms. The molecular weight excluding hydrogens is 267 g/mol. The summed E-state index contributed by atoms with van der Waals surface area (Å²) in [7, 11) is 1.62. The van der Waals surface area contributed by atoms with Gasteiger partial charge in [-0.2, -0.15) is 0 Å². The molecule has 0 aliphatic carbocycles. The molecule has 1 aromatic rings. The average molecular weight is 284 g/mol. The third kappa shape index (κ3) is 5.21. The number of aryl methyl sites for hydroxylation is 1. The van der Waals surface area contributed by atoms with Crippen LogP contribution in [0.25, 0.3) is 0 Å². The molecular formula is C13H17FN2O2S. The minimum absolute atomic E-state index is 0.0797. The number of halogens is 1. The first-order valence-corrected chi connectivity index (χ1v) is 6.22. The van der Waals surface area contributed by atoms with E-state index in [9.17, 15) is 9.18 Å². The Bertz CT molecular complexity index is 480. The van der Waals surface area contributed by atoms with Crippen molar-refractivity contribution in [1.29, 1.82) is 0 Å². The molecule has 0 unspecified atom stereocenters. The fraction of sp³-hybridized carbons (Fsp3) is 0.385. The predicted molar refractivity (Wildman–Crippen MR) is 75.7 cm³/mol. The predicted octanol–water partition coefficient (Wildman–Crippen LogP) is 1.65. The molecule has 4 nitrogen and oxygen atoms in total. The molecule has 1 rings (SSSR count). The first kappa shape index (κ1) is 15.4. The number of carbonyl (C=O) groups excluding carboxylic acids is 1. The van der Waals surface area contributed by atoms with Crippen LogP contribution in [0.5, 0.6) is 5.75 Å². The lowest BCUT2D eigenvalue weighted by atomic mass is 10.2. The first-order chi connectivity index (χ1) is 8.90. The van der Waals surface area contributed by atoms with Crippen molar-refractivity contribution in [3.63, 3.8) is 0 Å². The molecule has 6 heteroatoms. The molecule has 0 bridgehead atoms. The molecule has 0 radical (unpaired) electrons. The van der Waals surface area contributed by atoms with Crippen molar-refractivity contribution in [1.82, 2.24) is 4.90 Å². The van der Waals surface area contributed by atoms with Crippen molar-refractivity contribution in [2.24, 2.45) is 5.73 Å². The number of nitrogens with zero attached hydrogens (tertiary/aromatic N) is 1. The van der Waals surface area contributed by atoms with E-state index in [2.05, 4.69) is 0 Å². The van der Waals surface area contributed by atoms with E-state index in [1.54, 1.807) is 19.2 Å². The Morgan fingerprint density at radius 2 is 2.21 bits per heavy atom. The van der Waals surface area contributed by atoms with Crippen LogP contribution in [0.1, 0.15) is 12.0 Å². The number of carbonyl (C=O) groups is 1. The molecule has 2 N–H and O–H groups in total. The highest BCUT2D eigenvalue weighted by Crippen LogP contribution is 2.18. The highest BCUT2D eigenvalue weighted by atomic mass is 32.1. The summed E-state index contributed by atoms with van der Waals surface area (Å²) in [5.74, 6) is -0.655. The Labute approximate surface area is 117 Å². The second-order valence-corrected chi connectivity index (χ2v) is 4.78. The van der Waals surface area contributed by atoms with Gasteiger partial charge in [0.15, 0.2) is 18.2 Å². The summed E-state index contributed by atoms with van der Waals surface area (Å²) in [4.78, 5) is 13.5. The quantitative estimate of drug-likeness (QED) is 0.807. The largest absolute Gasteiger partial charge is 0.481 e. The van der Waals surface area contributed by atoms with Gasteiger partial charge in [0.05, 0.1) is 4.99 Å². The van der Waals surface area contributed by atoms with Crippen LogP contribution in [0, 0.1) is 12.7 Å². The number of nitrogens with two attached hydrogens (primary N) is 1. The smallest absolute Gasteiger partial charge is 0.260 e. The molecule has 0 saturated heterocycles. The first-order valence-electron chi connectivity index (χ1n) is 5.81. The number of ether oxygens (including phenoxy) is 1. The molecule has 19 heavy (non-hydrogen) atoms. The topological polar surface area (TPSA) is 55.6 Å². The van der Waals surface area contributed by atoms with Crippen LogP contribution < -0.4 is 10.5 Å². The Morgan fingerprint density at radius 1 is 1.53 bits per heavy atom. The van der Waals surface area contributed by atoms with Crippen LogP contribution in [0.2, 0.25) is 0 Å². The molecule has 0 aliphatic rings. The second kappa shape index (κ2) is 7.04. The van der Waals surface area contributed by atoms with Gasteiger partial charge in [-0.25, -0.2) is 4.39 Å². The van der Waals surface area contributed by atoms with Gasteiger partial charge < -0.3 is 15.4 Å². The van der Waals surface area contributed by atoms with E-state index in [0.29, 0.717) is 18.0 Å². The maximum absolute atomic E-state index is 13.4. The van der Waals surface area contributed by atoms with Gasteiger partial charge in [0.1, 0.15) is 0 Å². The molecule has 0 aliphatic heterocycles. The van der Waals surface area contributed by atoms with E-state index in [1.807, 2.05) is 6.92 Å². The van der Waals surface area contributed by atoms with Gasteiger partial charge in [-0.1, -0.05) is 18.3 Å². The third-order valence-electron chi connectivity index (χ3n) is 2.56.